The number of nitrogens with zero attached hydrogens (tertiary/aromatic N) is 2. The van der Waals surface area contributed by atoms with E-state index in [9.17, 15) is 9.59 Å². The molecule has 1 unspecified atom stereocenters. The number of likely N-dealkylation sites (tertiary alicyclic amines) is 1. The summed E-state index contributed by atoms with van der Waals surface area (Å²) in [5.74, 6) is -0.515. The quantitative estimate of drug-likeness (QED) is 0.722. The van der Waals surface area contributed by atoms with Gasteiger partial charge in [0.2, 0.25) is 5.91 Å². The first-order valence-electron chi connectivity index (χ1n) is 10.3. The second-order valence-corrected chi connectivity index (χ2v) is 8.84. The number of nitrogens with one attached hydrogen (secondary N) is 2. The molecule has 0 bridgehead atoms. The van der Waals surface area contributed by atoms with Crippen LogP contribution < -0.4 is 10.6 Å². The first-order valence-corrected chi connectivity index (χ1v) is 11.2. The normalized spacial score (nSPS) is 15.9. The molecule has 2 amide bonds. The summed E-state index contributed by atoms with van der Waals surface area (Å²) in [4.78, 5) is 32.5. The van der Waals surface area contributed by atoms with Crippen molar-refractivity contribution in [1.29, 1.82) is 0 Å². The van der Waals surface area contributed by atoms with E-state index in [-0.39, 0.29) is 17.7 Å². The minimum Gasteiger partial charge on any atom is -0.340 e. The van der Waals surface area contributed by atoms with E-state index in [2.05, 4.69) is 20.5 Å². The predicted octanol–water partition coefficient (Wildman–Crippen LogP) is 3.83. The van der Waals surface area contributed by atoms with E-state index in [1.54, 1.807) is 6.07 Å². The molecule has 7 heteroatoms. The van der Waals surface area contributed by atoms with Gasteiger partial charge in [0, 0.05) is 17.5 Å². The van der Waals surface area contributed by atoms with Crippen molar-refractivity contribution in [3.05, 3.63) is 46.5 Å². The highest BCUT2D eigenvalue weighted by atomic mass is 32.1. The van der Waals surface area contributed by atoms with Gasteiger partial charge in [-0.05, 0) is 50.4 Å². The lowest BCUT2D eigenvalue weighted by atomic mass is 10.0. The van der Waals surface area contributed by atoms with E-state index in [4.69, 9.17) is 0 Å². The molecule has 0 radical (unpaired) electrons. The summed E-state index contributed by atoms with van der Waals surface area (Å²) in [6.07, 6.45) is 3.79. The molecule has 2 heterocycles. The van der Waals surface area contributed by atoms with Crippen molar-refractivity contribution in [2.45, 2.75) is 52.6 Å². The molecule has 1 saturated heterocycles. The van der Waals surface area contributed by atoms with Gasteiger partial charge in [-0.1, -0.05) is 38.5 Å². The SMILES string of the molecule is Cc1ccccc1C(=O)NC(C(=O)Nc1nc(CN2CCCCC2)cs1)C(C)C. The highest BCUT2D eigenvalue weighted by Gasteiger charge is 2.26. The Balaban J connectivity index is 1.61. The fourth-order valence-electron chi connectivity index (χ4n) is 3.55. The Labute approximate surface area is 176 Å². The molecule has 0 aliphatic carbocycles. The molecule has 29 heavy (non-hydrogen) atoms. The highest BCUT2D eigenvalue weighted by molar-refractivity contribution is 7.13. The second kappa shape index (κ2) is 9.98. The van der Waals surface area contributed by atoms with Gasteiger partial charge < -0.3 is 10.6 Å². The van der Waals surface area contributed by atoms with Crippen LogP contribution in [0.3, 0.4) is 0 Å². The van der Waals surface area contributed by atoms with Crippen LogP contribution in [0.25, 0.3) is 0 Å². The number of carbonyl (C=O) groups is 2. The summed E-state index contributed by atoms with van der Waals surface area (Å²) in [7, 11) is 0. The van der Waals surface area contributed by atoms with Crippen LogP contribution in [0.2, 0.25) is 0 Å². The lowest BCUT2D eigenvalue weighted by molar-refractivity contribution is -0.118. The van der Waals surface area contributed by atoms with Crippen LogP contribution in [0.5, 0.6) is 0 Å². The Hall–Kier alpha value is -2.25. The Morgan fingerprint density at radius 1 is 1.17 bits per heavy atom. The Morgan fingerprint density at radius 3 is 2.59 bits per heavy atom. The molecule has 1 atom stereocenters. The summed E-state index contributed by atoms with van der Waals surface area (Å²) >= 11 is 1.43. The van der Waals surface area contributed by atoms with E-state index in [1.165, 1.54) is 30.6 Å². The van der Waals surface area contributed by atoms with Gasteiger partial charge in [-0.25, -0.2) is 4.98 Å². The van der Waals surface area contributed by atoms with E-state index in [1.807, 2.05) is 44.4 Å². The van der Waals surface area contributed by atoms with Crippen molar-refractivity contribution < 1.29 is 9.59 Å². The fourth-order valence-corrected chi connectivity index (χ4v) is 4.25. The Morgan fingerprint density at radius 2 is 1.90 bits per heavy atom. The van der Waals surface area contributed by atoms with Crippen molar-refractivity contribution in [2.75, 3.05) is 18.4 Å². The third-order valence-electron chi connectivity index (χ3n) is 5.24. The summed E-state index contributed by atoms with van der Waals surface area (Å²) < 4.78 is 0. The van der Waals surface area contributed by atoms with Gasteiger partial charge in [-0.2, -0.15) is 0 Å². The molecule has 156 valence electrons. The zero-order valence-electron chi connectivity index (χ0n) is 17.4. The number of aryl methyl sites for hydroxylation is 1. The van der Waals surface area contributed by atoms with Gasteiger partial charge in [0.05, 0.1) is 5.69 Å². The number of hydrogen-bond acceptors (Lipinski definition) is 5. The molecule has 1 fully saturated rings. The van der Waals surface area contributed by atoms with Crippen molar-refractivity contribution >= 4 is 28.3 Å². The number of hydrogen-bond donors (Lipinski definition) is 2. The van der Waals surface area contributed by atoms with Crippen molar-refractivity contribution in [3.8, 4) is 0 Å². The maximum atomic E-state index is 12.8. The molecule has 2 aromatic rings. The number of amides is 2. The van der Waals surface area contributed by atoms with Gasteiger partial charge in [0.15, 0.2) is 5.13 Å². The number of carbonyl (C=O) groups excluding carboxylic acids is 2. The summed E-state index contributed by atoms with van der Waals surface area (Å²) in [5, 5.41) is 8.35. The first kappa shape index (κ1) is 21.5. The summed E-state index contributed by atoms with van der Waals surface area (Å²) in [6, 6.07) is 6.75. The maximum absolute atomic E-state index is 12.8. The van der Waals surface area contributed by atoms with Crippen LogP contribution in [0.15, 0.2) is 29.6 Å². The molecule has 1 aromatic carbocycles. The van der Waals surface area contributed by atoms with Crippen molar-refractivity contribution in [2.24, 2.45) is 5.92 Å². The Kier molecular flexibility index (Phi) is 7.39. The fraction of sp³-hybridized carbons (Fsp3) is 0.500. The van der Waals surface area contributed by atoms with Crippen molar-refractivity contribution in [3.63, 3.8) is 0 Å². The average Bonchev–Trinajstić information content (AvgIpc) is 3.13. The predicted molar refractivity (Wildman–Crippen MR) is 117 cm³/mol. The third-order valence-corrected chi connectivity index (χ3v) is 6.05. The van der Waals surface area contributed by atoms with Gasteiger partial charge in [-0.15, -0.1) is 11.3 Å². The lowest BCUT2D eigenvalue weighted by Crippen LogP contribution is -2.47. The zero-order valence-corrected chi connectivity index (χ0v) is 18.2. The second-order valence-electron chi connectivity index (χ2n) is 7.98. The van der Waals surface area contributed by atoms with Crippen LogP contribution in [-0.4, -0.2) is 40.8 Å². The molecular weight excluding hydrogens is 384 g/mol. The highest BCUT2D eigenvalue weighted by Crippen LogP contribution is 2.20. The number of piperidine rings is 1. The van der Waals surface area contributed by atoms with E-state index in [0.29, 0.717) is 10.7 Å². The molecule has 1 aliphatic rings. The van der Waals surface area contributed by atoms with Crippen molar-refractivity contribution in [1.82, 2.24) is 15.2 Å². The number of benzene rings is 1. The standard InChI is InChI=1S/C22H30N4O2S/c1-15(2)19(24-20(27)18-10-6-5-9-16(18)3)21(28)25-22-23-17(14-29-22)13-26-11-7-4-8-12-26/h5-6,9-10,14-15,19H,4,7-8,11-13H2,1-3H3,(H,24,27)(H,23,25,28). The van der Waals surface area contributed by atoms with Gasteiger partial charge in [-0.3, -0.25) is 14.5 Å². The molecular formula is C22H30N4O2S. The average molecular weight is 415 g/mol. The minimum absolute atomic E-state index is 0.0456. The third kappa shape index (κ3) is 5.87. The largest absolute Gasteiger partial charge is 0.340 e. The van der Waals surface area contributed by atoms with Crippen LogP contribution in [0, 0.1) is 12.8 Å². The Bertz CT molecular complexity index is 843. The zero-order chi connectivity index (χ0) is 20.8. The molecule has 0 saturated carbocycles. The number of aromatic nitrogens is 1. The van der Waals surface area contributed by atoms with Crippen LogP contribution in [-0.2, 0) is 11.3 Å². The number of rotatable bonds is 7. The minimum atomic E-state index is -0.628. The van der Waals surface area contributed by atoms with E-state index < -0.39 is 6.04 Å². The topological polar surface area (TPSA) is 74.3 Å². The van der Waals surface area contributed by atoms with Crippen LogP contribution in [0.1, 0.15) is 54.7 Å². The van der Waals surface area contributed by atoms with Crippen LogP contribution >= 0.6 is 11.3 Å². The molecule has 2 N–H and O–H groups in total. The first-order chi connectivity index (χ1) is 13.9. The molecule has 1 aromatic heterocycles. The van der Waals surface area contributed by atoms with Gasteiger partial charge >= 0.3 is 0 Å². The smallest absolute Gasteiger partial charge is 0.252 e. The van der Waals surface area contributed by atoms with Gasteiger partial charge in [0.1, 0.15) is 6.04 Å². The van der Waals surface area contributed by atoms with E-state index in [0.717, 1.165) is 30.9 Å². The maximum Gasteiger partial charge on any atom is 0.252 e. The van der Waals surface area contributed by atoms with Crippen LogP contribution in [0.4, 0.5) is 5.13 Å². The molecule has 0 spiro atoms. The molecule has 1 aliphatic heterocycles. The van der Waals surface area contributed by atoms with E-state index >= 15 is 0 Å². The number of thiazole rings is 1. The summed E-state index contributed by atoms with van der Waals surface area (Å²) in [5.41, 5.74) is 2.46. The van der Waals surface area contributed by atoms with Gasteiger partial charge in [0.25, 0.3) is 5.91 Å². The number of anilines is 1. The monoisotopic (exact) mass is 414 g/mol. The molecule has 3 rings (SSSR count). The lowest BCUT2D eigenvalue weighted by Gasteiger charge is -2.25. The summed E-state index contributed by atoms with van der Waals surface area (Å²) in [6.45, 7) is 8.78. The molecule has 6 nitrogen and oxygen atoms in total.